The van der Waals surface area contributed by atoms with Gasteiger partial charge < -0.3 is 15.0 Å². The van der Waals surface area contributed by atoms with Crippen LogP contribution in [0.3, 0.4) is 0 Å². The van der Waals surface area contributed by atoms with E-state index in [0.29, 0.717) is 12.0 Å². The fourth-order valence-electron chi connectivity index (χ4n) is 2.70. The number of thiophene rings is 1. The molecule has 1 unspecified atom stereocenters. The lowest BCUT2D eigenvalue weighted by Gasteiger charge is -2.33. The number of benzene rings is 1. The van der Waals surface area contributed by atoms with Crippen molar-refractivity contribution in [3.05, 3.63) is 51.7 Å². The first-order valence-corrected chi connectivity index (χ1v) is 8.06. The molecule has 2 amide bonds. The molecule has 0 saturated carbocycles. The summed E-state index contributed by atoms with van der Waals surface area (Å²) in [4.78, 5) is 26.9. The summed E-state index contributed by atoms with van der Waals surface area (Å²) in [7, 11) is 1.23. The van der Waals surface area contributed by atoms with Gasteiger partial charge in [-0.25, -0.2) is 18.4 Å². The third kappa shape index (κ3) is 2.84. The van der Waals surface area contributed by atoms with Crippen molar-refractivity contribution < 1.29 is 23.1 Å². The average Bonchev–Trinajstić information content (AvgIpc) is 3.05. The Bertz CT molecular complexity index is 773. The van der Waals surface area contributed by atoms with Gasteiger partial charge in [0.15, 0.2) is 6.04 Å². The van der Waals surface area contributed by atoms with Crippen molar-refractivity contribution in [1.82, 2.24) is 4.90 Å². The van der Waals surface area contributed by atoms with Gasteiger partial charge in [0, 0.05) is 11.4 Å². The Morgan fingerprint density at radius 1 is 1.29 bits per heavy atom. The summed E-state index contributed by atoms with van der Waals surface area (Å²) in [5.74, 6) is -2.36. The van der Waals surface area contributed by atoms with E-state index >= 15 is 0 Å². The second-order valence-corrected chi connectivity index (χ2v) is 6.20. The van der Waals surface area contributed by atoms with Gasteiger partial charge in [0.2, 0.25) is 0 Å². The molecular formula is C16H14F2N2O3S. The smallest absolute Gasteiger partial charge is 0.333 e. The predicted molar refractivity (Wildman–Crippen MR) is 84.9 cm³/mol. The monoisotopic (exact) mass is 352 g/mol. The number of halogens is 2. The number of carbonyl (C=O) groups is 2. The number of amides is 2. The van der Waals surface area contributed by atoms with Crippen LogP contribution in [0.2, 0.25) is 0 Å². The number of esters is 1. The van der Waals surface area contributed by atoms with Gasteiger partial charge >= 0.3 is 12.0 Å². The Hall–Kier alpha value is -2.48. The summed E-state index contributed by atoms with van der Waals surface area (Å²) in [6.45, 7) is 0.245. The van der Waals surface area contributed by atoms with Crippen LogP contribution in [-0.2, 0) is 16.0 Å². The Balaban J connectivity index is 1.90. The van der Waals surface area contributed by atoms with Crippen LogP contribution in [0.25, 0.3) is 0 Å². The van der Waals surface area contributed by atoms with Gasteiger partial charge in [0.25, 0.3) is 0 Å². The first-order valence-electron chi connectivity index (χ1n) is 7.18. The van der Waals surface area contributed by atoms with Gasteiger partial charge in [0.1, 0.15) is 17.3 Å². The first-order chi connectivity index (χ1) is 11.5. The van der Waals surface area contributed by atoms with Crippen molar-refractivity contribution in [2.24, 2.45) is 0 Å². The summed E-state index contributed by atoms with van der Waals surface area (Å²) < 4.78 is 32.2. The van der Waals surface area contributed by atoms with E-state index in [2.05, 4.69) is 5.32 Å². The van der Waals surface area contributed by atoms with E-state index in [1.807, 2.05) is 5.38 Å². The molecule has 24 heavy (non-hydrogen) atoms. The highest BCUT2D eigenvalue weighted by Gasteiger charge is 2.37. The van der Waals surface area contributed by atoms with Crippen LogP contribution in [0.15, 0.2) is 29.6 Å². The van der Waals surface area contributed by atoms with Crippen molar-refractivity contribution in [2.75, 3.05) is 19.0 Å². The maximum atomic E-state index is 13.7. The van der Waals surface area contributed by atoms with Crippen LogP contribution >= 0.6 is 11.3 Å². The third-order valence-electron chi connectivity index (χ3n) is 3.85. The van der Waals surface area contributed by atoms with Crippen molar-refractivity contribution >= 4 is 29.0 Å². The van der Waals surface area contributed by atoms with Gasteiger partial charge in [-0.05, 0) is 35.6 Å². The van der Waals surface area contributed by atoms with Gasteiger partial charge in [-0.3, -0.25) is 0 Å². The minimum Gasteiger partial charge on any atom is -0.467 e. The zero-order chi connectivity index (χ0) is 17.3. The lowest BCUT2D eigenvalue weighted by molar-refractivity contribution is -0.146. The van der Waals surface area contributed by atoms with Crippen molar-refractivity contribution in [1.29, 1.82) is 0 Å². The molecule has 1 aliphatic heterocycles. The standard InChI is InChI=1S/C16H14F2N2O3S/c1-23-15(21)14-9-6-8-24-12(9)5-7-20(14)16(22)19-13-10(17)3-2-4-11(13)18/h2-4,6,8,14H,5,7H2,1H3,(H,19,22). The lowest BCUT2D eigenvalue weighted by atomic mass is 10.0. The van der Waals surface area contributed by atoms with Crippen LogP contribution < -0.4 is 5.32 Å². The van der Waals surface area contributed by atoms with Gasteiger partial charge in [-0.15, -0.1) is 11.3 Å². The van der Waals surface area contributed by atoms with Crippen molar-refractivity contribution in [3.63, 3.8) is 0 Å². The number of urea groups is 1. The van der Waals surface area contributed by atoms with Crippen LogP contribution in [0.1, 0.15) is 16.5 Å². The topological polar surface area (TPSA) is 58.6 Å². The van der Waals surface area contributed by atoms with Crippen LogP contribution in [0.4, 0.5) is 19.3 Å². The molecule has 2 aromatic rings. The SMILES string of the molecule is COC(=O)C1c2ccsc2CCN1C(=O)Nc1c(F)cccc1F. The van der Waals surface area contributed by atoms with E-state index in [1.54, 1.807) is 6.07 Å². The minimum absolute atomic E-state index is 0.245. The summed E-state index contributed by atoms with van der Waals surface area (Å²) in [5.41, 5.74) is 0.143. The second-order valence-electron chi connectivity index (χ2n) is 5.20. The molecule has 0 radical (unpaired) electrons. The molecule has 5 nitrogen and oxygen atoms in total. The number of fused-ring (bicyclic) bond motifs is 1. The molecule has 0 fully saturated rings. The van der Waals surface area contributed by atoms with Gasteiger partial charge in [-0.2, -0.15) is 0 Å². The largest absolute Gasteiger partial charge is 0.467 e. The Labute approximate surface area is 140 Å². The van der Waals surface area contributed by atoms with Crippen molar-refractivity contribution in [3.8, 4) is 0 Å². The highest BCUT2D eigenvalue weighted by atomic mass is 32.1. The highest BCUT2D eigenvalue weighted by Crippen LogP contribution is 2.34. The molecule has 0 saturated heterocycles. The summed E-state index contributed by atoms with van der Waals surface area (Å²) in [6, 6.07) is 3.36. The molecule has 0 bridgehead atoms. The van der Waals surface area contributed by atoms with Crippen LogP contribution in [-0.4, -0.2) is 30.6 Å². The fraction of sp³-hybridized carbons (Fsp3) is 0.250. The van der Waals surface area contributed by atoms with Crippen molar-refractivity contribution in [2.45, 2.75) is 12.5 Å². The van der Waals surface area contributed by atoms with E-state index in [9.17, 15) is 18.4 Å². The van der Waals surface area contributed by atoms with E-state index in [4.69, 9.17) is 4.74 Å². The quantitative estimate of drug-likeness (QED) is 0.844. The number of nitrogens with one attached hydrogen (secondary N) is 1. The number of carbonyl (C=O) groups excluding carboxylic acids is 2. The van der Waals surface area contributed by atoms with Crippen LogP contribution in [0, 0.1) is 11.6 Å². The number of rotatable bonds is 2. The zero-order valence-electron chi connectivity index (χ0n) is 12.7. The summed E-state index contributed by atoms with van der Waals surface area (Å²) >= 11 is 1.49. The highest BCUT2D eigenvalue weighted by molar-refractivity contribution is 7.10. The maximum Gasteiger partial charge on any atom is 0.333 e. The number of hydrogen-bond donors (Lipinski definition) is 1. The average molecular weight is 352 g/mol. The Morgan fingerprint density at radius 2 is 2.00 bits per heavy atom. The third-order valence-corrected chi connectivity index (χ3v) is 4.84. The molecule has 1 atom stereocenters. The molecule has 2 heterocycles. The Kier molecular flexibility index (Phi) is 4.48. The van der Waals surface area contributed by atoms with E-state index < -0.39 is 35.4 Å². The summed E-state index contributed by atoms with van der Waals surface area (Å²) in [5, 5.41) is 4.04. The lowest BCUT2D eigenvalue weighted by Crippen LogP contribution is -2.45. The maximum absolute atomic E-state index is 13.7. The van der Waals surface area contributed by atoms with E-state index in [0.717, 1.165) is 17.0 Å². The number of nitrogens with zero attached hydrogens (tertiary/aromatic N) is 1. The van der Waals surface area contributed by atoms with Gasteiger partial charge in [0.05, 0.1) is 7.11 Å². The van der Waals surface area contributed by atoms with Crippen LogP contribution in [0.5, 0.6) is 0 Å². The molecule has 1 N–H and O–H groups in total. The second kappa shape index (κ2) is 6.56. The molecule has 1 aromatic carbocycles. The molecule has 1 aromatic heterocycles. The molecule has 126 valence electrons. The molecule has 3 rings (SSSR count). The number of methoxy groups -OCH3 is 1. The summed E-state index contributed by atoms with van der Waals surface area (Å²) in [6.07, 6.45) is 0.563. The number of para-hydroxylation sites is 1. The Morgan fingerprint density at radius 3 is 2.67 bits per heavy atom. The fourth-order valence-corrected chi connectivity index (χ4v) is 3.60. The number of ether oxygens (including phenoxy) is 1. The zero-order valence-corrected chi connectivity index (χ0v) is 13.5. The predicted octanol–water partition coefficient (Wildman–Crippen LogP) is 3.33. The number of anilines is 1. The van der Waals surface area contributed by atoms with Gasteiger partial charge in [-0.1, -0.05) is 6.07 Å². The molecule has 0 aliphatic carbocycles. The van der Waals surface area contributed by atoms with E-state index in [1.165, 1.54) is 29.4 Å². The molecule has 1 aliphatic rings. The number of hydrogen-bond acceptors (Lipinski definition) is 4. The first kappa shape index (κ1) is 16.4. The van der Waals surface area contributed by atoms with E-state index in [-0.39, 0.29) is 6.54 Å². The molecular weight excluding hydrogens is 338 g/mol. The minimum atomic E-state index is -0.931. The normalized spacial score (nSPS) is 16.5. The molecule has 8 heteroatoms. The molecule has 0 spiro atoms.